The molecular formula is C15H25NO. The van der Waals surface area contributed by atoms with E-state index < -0.39 is 0 Å². The fourth-order valence-corrected chi connectivity index (χ4v) is 1.40. The highest BCUT2D eigenvalue weighted by molar-refractivity contribution is 5.48. The van der Waals surface area contributed by atoms with Gasteiger partial charge in [0.25, 0.3) is 0 Å². The van der Waals surface area contributed by atoms with E-state index in [1.54, 1.807) is 0 Å². The van der Waals surface area contributed by atoms with E-state index >= 15 is 0 Å². The lowest BCUT2D eigenvalue weighted by atomic mass is 10.1. The molecule has 0 saturated heterocycles. The average Bonchev–Trinajstić information content (AvgIpc) is 2.34. The maximum Gasteiger partial charge on any atom is 0.121 e. The molecule has 1 aromatic carbocycles. The van der Waals surface area contributed by atoms with Gasteiger partial charge in [-0.3, -0.25) is 0 Å². The van der Waals surface area contributed by atoms with Gasteiger partial charge in [-0.2, -0.15) is 0 Å². The average molecular weight is 235 g/mol. The zero-order valence-electron chi connectivity index (χ0n) is 11.5. The second kappa shape index (κ2) is 7.21. The lowest BCUT2D eigenvalue weighted by molar-refractivity contribution is 0.271. The van der Waals surface area contributed by atoms with Gasteiger partial charge in [-0.05, 0) is 24.0 Å². The monoisotopic (exact) mass is 235 g/mol. The summed E-state index contributed by atoms with van der Waals surface area (Å²) < 4.78 is 5.70. The summed E-state index contributed by atoms with van der Waals surface area (Å²) >= 11 is 0. The summed E-state index contributed by atoms with van der Waals surface area (Å²) in [5.74, 6) is 2.22. The molecule has 0 heterocycles. The highest BCUT2D eigenvalue weighted by Gasteiger charge is 2.01. The predicted molar refractivity (Wildman–Crippen MR) is 74.7 cm³/mol. The molecule has 0 saturated carbocycles. The van der Waals surface area contributed by atoms with Crippen LogP contribution in [-0.4, -0.2) is 13.2 Å². The van der Waals surface area contributed by atoms with Crippen molar-refractivity contribution in [2.24, 2.45) is 11.8 Å². The standard InChI is InChI=1S/C15H25NO/c1-5-13(4)10-16-14-7-6-8-15(9-14)17-11-12(2)3/h6-9,12-13,16H,5,10-11H2,1-4H3. The van der Waals surface area contributed by atoms with Gasteiger partial charge in [0.2, 0.25) is 0 Å². The van der Waals surface area contributed by atoms with E-state index in [0.29, 0.717) is 11.8 Å². The van der Waals surface area contributed by atoms with Gasteiger partial charge < -0.3 is 10.1 Å². The van der Waals surface area contributed by atoms with Crippen LogP contribution >= 0.6 is 0 Å². The van der Waals surface area contributed by atoms with Crippen molar-refractivity contribution in [1.82, 2.24) is 0 Å². The largest absolute Gasteiger partial charge is 0.493 e. The molecule has 2 nitrogen and oxygen atoms in total. The first-order valence-corrected chi connectivity index (χ1v) is 6.58. The molecule has 0 fully saturated rings. The zero-order chi connectivity index (χ0) is 12.7. The minimum absolute atomic E-state index is 0.562. The fourth-order valence-electron chi connectivity index (χ4n) is 1.40. The minimum atomic E-state index is 0.562. The van der Waals surface area contributed by atoms with E-state index in [4.69, 9.17) is 4.74 Å². The maximum atomic E-state index is 5.70. The minimum Gasteiger partial charge on any atom is -0.493 e. The lowest BCUT2D eigenvalue weighted by Crippen LogP contribution is -2.10. The normalized spacial score (nSPS) is 12.5. The van der Waals surface area contributed by atoms with E-state index in [0.717, 1.165) is 24.6 Å². The molecule has 0 bridgehead atoms. The molecule has 0 radical (unpaired) electrons. The summed E-state index contributed by atoms with van der Waals surface area (Å²) in [5.41, 5.74) is 1.14. The SMILES string of the molecule is CCC(C)CNc1cccc(OCC(C)C)c1. The second-order valence-corrected chi connectivity index (χ2v) is 5.13. The Morgan fingerprint density at radius 2 is 2.00 bits per heavy atom. The van der Waals surface area contributed by atoms with Crippen LogP contribution in [0.3, 0.4) is 0 Å². The Bertz CT molecular complexity index is 322. The first-order valence-electron chi connectivity index (χ1n) is 6.58. The van der Waals surface area contributed by atoms with Gasteiger partial charge >= 0.3 is 0 Å². The Kier molecular flexibility index (Phi) is 5.88. The number of anilines is 1. The van der Waals surface area contributed by atoms with Crippen LogP contribution < -0.4 is 10.1 Å². The molecule has 0 aliphatic carbocycles. The zero-order valence-corrected chi connectivity index (χ0v) is 11.5. The van der Waals surface area contributed by atoms with Crippen molar-refractivity contribution in [2.45, 2.75) is 34.1 Å². The highest BCUT2D eigenvalue weighted by Crippen LogP contribution is 2.18. The molecule has 0 aliphatic heterocycles. The molecule has 17 heavy (non-hydrogen) atoms. The third-order valence-electron chi connectivity index (χ3n) is 2.77. The van der Waals surface area contributed by atoms with Gasteiger partial charge in [0.05, 0.1) is 6.61 Å². The van der Waals surface area contributed by atoms with Gasteiger partial charge in [0, 0.05) is 18.3 Å². The predicted octanol–water partition coefficient (Wildman–Crippen LogP) is 4.18. The Hall–Kier alpha value is -1.18. The van der Waals surface area contributed by atoms with Crippen molar-refractivity contribution in [2.75, 3.05) is 18.5 Å². The van der Waals surface area contributed by atoms with E-state index in [-0.39, 0.29) is 0 Å². The van der Waals surface area contributed by atoms with Crippen LogP contribution in [-0.2, 0) is 0 Å². The molecule has 0 aromatic heterocycles. The lowest BCUT2D eigenvalue weighted by Gasteiger charge is -2.13. The number of rotatable bonds is 7. The van der Waals surface area contributed by atoms with E-state index in [1.807, 2.05) is 12.1 Å². The van der Waals surface area contributed by atoms with Gasteiger partial charge in [-0.15, -0.1) is 0 Å². The van der Waals surface area contributed by atoms with Crippen molar-refractivity contribution < 1.29 is 4.74 Å². The molecule has 1 rings (SSSR count). The summed E-state index contributed by atoms with van der Waals surface area (Å²) in [4.78, 5) is 0. The number of ether oxygens (including phenoxy) is 1. The molecular weight excluding hydrogens is 210 g/mol. The van der Waals surface area contributed by atoms with Crippen molar-refractivity contribution >= 4 is 5.69 Å². The van der Waals surface area contributed by atoms with Crippen molar-refractivity contribution in [1.29, 1.82) is 0 Å². The van der Waals surface area contributed by atoms with Crippen LogP contribution in [0.25, 0.3) is 0 Å². The highest BCUT2D eigenvalue weighted by atomic mass is 16.5. The van der Waals surface area contributed by atoms with Gasteiger partial charge in [-0.25, -0.2) is 0 Å². The van der Waals surface area contributed by atoms with Crippen LogP contribution in [0.4, 0.5) is 5.69 Å². The van der Waals surface area contributed by atoms with E-state index in [9.17, 15) is 0 Å². The van der Waals surface area contributed by atoms with Gasteiger partial charge in [0.15, 0.2) is 0 Å². The van der Waals surface area contributed by atoms with Gasteiger partial charge in [0.1, 0.15) is 5.75 Å². The van der Waals surface area contributed by atoms with Crippen molar-refractivity contribution in [3.8, 4) is 5.75 Å². The first-order chi connectivity index (χ1) is 8.11. The molecule has 2 heteroatoms. The number of hydrogen-bond donors (Lipinski definition) is 1. The second-order valence-electron chi connectivity index (χ2n) is 5.13. The fraction of sp³-hybridized carbons (Fsp3) is 0.600. The van der Waals surface area contributed by atoms with Crippen molar-refractivity contribution in [3.05, 3.63) is 24.3 Å². The Labute approximate surface area is 105 Å². The van der Waals surface area contributed by atoms with Crippen LogP contribution in [0, 0.1) is 11.8 Å². The van der Waals surface area contributed by atoms with Crippen LogP contribution in [0.2, 0.25) is 0 Å². The first kappa shape index (κ1) is 13.9. The molecule has 0 amide bonds. The molecule has 0 aliphatic rings. The van der Waals surface area contributed by atoms with Crippen LogP contribution in [0.15, 0.2) is 24.3 Å². The summed E-state index contributed by atoms with van der Waals surface area (Å²) in [6.07, 6.45) is 1.20. The summed E-state index contributed by atoms with van der Waals surface area (Å²) in [6, 6.07) is 8.21. The topological polar surface area (TPSA) is 21.3 Å². The number of benzene rings is 1. The molecule has 1 atom stereocenters. The molecule has 1 N–H and O–H groups in total. The van der Waals surface area contributed by atoms with E-state index in [1.165, 1.54) is 6.42 Å². The molecule has 0 spiro atoms. The Morgan fingerprint density at radius 3 is 2.65 bits per heavy atom. The summed E-state index contributed by atoms with van der Waals surface area (Å²) in [7, 11) is 0. The maximum absolute atomic E-state index is 5.70. The molecule has 96 valence electrons. The number of nitrogens with one attached hydrogen (secondary N) is 1. The summed E-state index contributed by atoms with van der Waals surface area (Å²) in [6.45, 7) is 10.6. The third-order valence-corrected chi connectivity index (χ3v) is 2.77. The van der Waals surface area contributed by atoms with Crippen LogP contribution in [0.1, 0.15) is 34.1 Å². The molecule has 1 unspecified atom stereocenters. The third kappa shape index (κ3) is 5.62. The Morgan fingerprint density at radius 1 is 1.24 bits per heavy atom. The van der Waals surface area contributed by atoms with Crippen LogP contribution in [0.5, 0.6) is 5.75 Å². The van der Waals surface area contributed by atoms with Crippen molar-refractivity contribution in [3.63, 3.8) is 0 Å². The van der Waals surface area contributed by atoms with Gasteiger partial charge in [-0.1, -0.05) is 40.2 Å². The quantitative estimate of drug-likeness (QED) is 0.765. The Balaban J connectivity index is 2.47. The molecule has 1 aromatic rings. The smallest absolute Gasteiger partial charge is 0.121 e. The van der Waals surface area contributed by atoms with E-state index in [2.05, 4.69) is 45.1 Å². The summed E-state index contributed by atoms with van der Waals surface area (Å²) in [5, 5.41) is 3.44. The number of hydrogen-bond acceptors (Lipinski definition) is 2.